The third-order valence-corrected chi connectivity index (χ3v) is 4.61. The number of H-pyrrole nitrogens is 1. The number of rotatable bonds is 8. The molecule has 2 heterocycles. The molecule has 0 aliphatic heterocycles. The molecule has 0 unspecified atom stereocenters. The second-order valence-electron chi connectivity index (χ2n) is 8.00. The van der Waals surface area contributed by atoms with Crippen LogP contribution in [0.4, 0.5) is 0 Å². The van der Waals surface area contributed by atoms with E-state index in [0.29, 0.717) is 36.5 Å². The van der Waals surface area contributed by atoms with Gasteiger partial charge in [0.15, 0.2) is 5.65 Å². The highest BCUT2D eigenvalue weighted by atomic mass is 16.2. The first-order valence-corrected chi connectivity index (χ1v) is 10.2. The van der Waals surface area contributed by atoms with E-state index in [1.807, 2.05) is 41.5 Å². The highest BCUT2D eigenvalue weighted by Gasteiger charge is 2.23. The molecule has 2 rings (SSSR count). The van der Waals surface area contributed by atoms with Crippen LogP contribution in [0.25, 0.3) is 11.0 Å². The van der Waals surface area contributed by atoms with Gasteiger partial charge < -0.3 is 4.90 Å². The maximum Gasteiger partial charge on any atom is 0.330 e. The van der Waals surface area contributed by atoms with Gasteiger partial charge >= 0.3 is 5.69 Å². The molecule has 0 saturated heterocycles. The molecule has 1 amide bonds. The van der Waals surface area contributed by atoms with E-state index < -0.39 is 11.2 Å². The second kappa shape index (κ2) is 9.17. The van der Waals surface area contributed by atoms with E-state index in [-0.39, 0.29) is 23.1 Å². The highest BCUT2D eigenvalue weighted by molar-refractivity contribution is 6.05. The molecule has 0 spiro atoms. The van der Waals surface area contributed by atoms with Crippen LogP contribution in [0.5, 0.6) is 0 Å². The van der Waals surface area contributed by atoms with Gasteiger partial charge in [0.05, 0.1) is 10.9 Å². The van der Waals surface area contributed by atoms with Crippen molar-refractivity contribution in [1.82, 2.24) is 19.4 Å². The average molecular weight is 389 g/mol. The summed E-state index contributed by atoms with van der Waals surface area (Å²) in [4.78, 5) is 47.3. The molecule has 0 saturated carbocycles. The quantitative estimate of drug-likeness (QED) is 0.752. The molecule has 0 atom stereocenters. The van der Waals surface area contributed by atoms with Gasteiger partial charge in [-0.1, -0.05) is 41.5 Å². The summed E-state index contributed by atoms with van der Waals surface area (Å²) in [5.74, 6) is 0.0639. The summed E-state index contributed by atoms with van der Waals surface area (Å²) in [6.07, 6.45) is 1.67. The normalized spacial score (nSPS) is 11.6. The first kappa shape index (κ1) is 21.9. The number of amides is 1. The number of carbonyl (C=O) groups is 1. The Labute approximate surface area is 165 Å². The van der Waals surface area contributed by atoms with Crippen LogP contribution >= 0.6 is 0 Å². The summed E-state index contributed by atoms with van der Waals surface area (Å²) in [7, 11) is 0. The SMILES string of the molecule is CCCN(CCC)C(=O)c1cc(C(C)C)nc2c1c(=O)[nH]c(=O)n2CC(C)C. The molecule has 28 heavy (non-hydrogen) atoms. The van der Waals surface area contributed by atoms with Crippen molar-refractivity contribution in [2.45, 2.75) is 66.8 Å². The van der Waals surface area contributed by atoms with E-state index in [0.717, 1.165) is 12.8 Å². The molecular weight excluding hydrogens is 356 g/mol. The number of aromatic nitrogens is 3. The Morgan fingerprint density at radius 3 is 2.25 bits per heavy atom. The Bertz CT molecular complexity index is 951. The zero-order valence-corrected chi connectivity index (χ0v) is 17.8. The molecule has 0 aliphatic rings. The minimum atomic E-state index is -0.556. The number of hydrogen-bond donors (Lipinski definition) is 1. The van der Waals surface area contributed by atoms with Crippen molar-refractivity contribution in [1.29, 1.82) is 0 Å². The van der Waals surface area contributed by atoms with Crippen LogP contribution in [0, 0.1) is 5.92 Å². The minimum absolute atomic E-state index is 0.0589. The molecule has 0 bridgehead atoms. The van der Waals surface area contributed by atoms with Crippen molar-refractivity contribution >= 4 is 16.9 Å². The van der Waals surface area contributed by atoms with Crippen LogP contribution in [-0.4, -0.2) is 38.4 Å². The number of fused-ring (bicyclic) bond motifs is 1. The van der Waals surface area contributed by atoms with Crippen LogP contribution in [-0.2, 0) is 6.54 Å². The van der Waals surface area contributed by atoms with Gasteiger partial charge in [-0.2, -0.15) is 0 Å². The molecule has 2 aromatic rings. The van der Waals surface area contributed by atoms with E-state index in [1.54, 1.807) is 11.0 Å². The summed E-state index contributed by atoms with van der Waals surface area (Å²) in [6, 6.07) is 1.72. The fourth-order valence-corrected chi connectivity index (χ4v) is 3.32. The van der Waals surface area contributed by atoms with Gasteiger partial charge in [0.25, 0.3) is 11.5 Å². The van der Waals surface area contributed by atoms with Gasteiger partial charge in [0, 0.05) is 25.3 Å². The first-order chi connectivity index (χ1) is 13.2. The van der Waals surface area contributed by atoms with Gasteiger partial charge in [-0.3, -0.25) is 19.1 Å². The third-order valence-electron chi connectivity index (χ3n) is 4.61. The van der Waals surface area contributed by atoms with Crippen molar-refractivity contribution < 1.29 is 4.79 Å². The van der Waals surface area contributed by atoms with Gasteiger partial charge in [0.2, 0.25) is 0 Å². The number of nitrogens with zero attached hydrogens (tertiary/aromatic N) is 3. The smallest absolute Gasteiger partial charge is 0.330 e. The Kier molecular flexibility index (Phi) is 7.16. The predicted octanol–water partition coefficient (Wildman–Crippen LogP) is 3.13. The van der Waals surface area contributed by atoms with E-state index in [4.69, 9.17) is 0 Å². The molecular formula is C21H32N4O3. The summed E-state index contributed by atoms with van der Waals surface area (Å²) in [5.41, 5.74) is 0.279. The van der Waals surface area contributed by atoms with Crippen LogP contribution in [0.3, 0.4) is 0 Å². The van der Waals surface area contributed by atoms with Crippen molar-refractivity contribution in [3.63, 3.8) is 0 Å². The van der Waals surface area contributed by atoms with Crippen molar-refractivity contribution in [3.05, 3.63) is 38.2 Å². The Hall–Kier alpha value is -2.44. The maximum atomic E-state index is 13.3. The molecule has 7 heteroatoms. The maximum absolute atomic E-state index is 13.3. The van der Waals surface area contributed by atoms with Gasteiger partial charge in [-0.25, -0.2) is 9.78 Å². The molecule has 0 radical (unpaired) electrons. The topological polar surface area (TPSA) is 88.1 Å². The van der Waals surface area contributed by atoms with Crippen LogP contribution in [0.1, 0.15) is 76.4 Å². The fraction of sp³-hybridized carbons (Fsp3) is 0.619. The Morgan fingerprint density at radius 2 is 1.75 bits per heavy atom. The molecule has 7 nitrogen and oxygen atoms in total. The zero-order valence-electron chi connectivity index (χ0n) is 17.8. The molecule has 1 N–H and O–H groups in total. The van der Waals surface area contributed by atoms with Crippen LogP contribution < -0.4 is 11.2 Å². The second-order valence-corrected chi connectivity index (χ2v) is 8.00. The number of pyridine rings is 1. The van der Waals surface area contributed by atoms with Gasteiger partial charge in [-0.15, -0.1) is 0 Å². The van der Waals surface area contributed by atoms with Crippen molar-refractivity contribution in [2.75, 3.05) is 13.1 Å². The van der Waals surface area contributed by atoms with E-state index in [2.05, 4.69) is 9.97 Å². The highest BCUT2D eigenvalue weighted by Crippen LogP contribution is 2.21. The molecule has 0 aliphatic carbocycles. The van der Waals surface area contributed by atoms with E-state index in [1.165, 1.54) is 4.57 Å². The van der Waals surface area contributed by atoms with Crippen molar-refractivity contribution in [3.8, 4) is 0 Å². The lowest BCUT2D eigenvalue weighted by atomic mass is 10.0. The van der Waals surface area contributed by atoms with Crippen LogP contribution in [0.2, 0.25) is 0 Å². The summed E-state index contributed by atoms with van der Waals surface area (Å²) >= 11 is 0. The van der Waals surface area contributed by atoms with Gasteiger partial charge in [-0.05, 0) is 30.7 Å². The number of aromatic amines is 1. The zero-order chi connectivity index (χ0) is 21.0. The standard InChI is InChI=1S/C21H32N4O3/c1-7-9-24(10-8-2)20(27)15-11-16(14(5)6)22-18-17(15)19(26)23-21(28)25(18)12-13(3)4/h11,13-14H,7-10,12H2,1-6H3,(H,23,26,28). The monoisotopic (exact) mass is 388 g/mol. The number of nitrogens with one attached hydrogen (secondary N) is 1. The fourth-order valence-electron chi connectivity index (χ4n) is 3.32. The van der Waals surface area contributed by atoms with Gasteiger partial charge in [0.1, 0.15) is 0 Å². The molecule has 0 aromatic carbocycles. The molecule has 2 aromatic heterocycles. The predicted molar refractivity (Wildman–Crippen MR) is 112 cm³/mol. The lowest BCUT2D eigenvalue weighted by Crippen LogP contribution is -2.36. The minimum Gasteiger partial charge on any atom is -0.339 e. The number of carbonyl (C=O) groups excluding carboxylic acids is 1. The average Bonchev–Trinajstić information content (AvgIpc) is 2.63. The molecule has 154 valence electrons. The lowest BCUT2D eigenvalue weighted by molar-refractivity contribution is 0.0757. The lowest BCUT2D eigenvalue weighted by Gasteiger charge is -2.23. The summed E-state index contributed by atoms with van der Waals surface area (Å²) in [6.45, 7) is 13.7. The first-order valence-electron chi connectivity index (χ1n) is 10.2. The van der Waals surface area contributed by atoms with E-state index >= 15 is 0 Å². The van der Waals surface area contributed by atoms with Crippen molar-refractivity contribution in [2.24, 2.45) is 5.92 Å². The molecule has 0 fully saturated rings. The van der Waals surface area contributed by atoms with E-state index in [9.17, 15) is 14.4 Å². The Balaban J connectivity index is 2.86. The number of hydrogen-bond acceptors (Lipinski definition) is 4. The van der Waals surface area contributed by atoms with Crippen LogP contribution in [0.15, 0.2) is 15.7 Å². The summed E-state index contributed by atoms with van der Waals surface area (Å²) in [5, 5.41) is 0.201. The largest absolute Gasteiger partial charge is 0.339 e. The Morgan fingerprint density at radius 1 is 1.14 bits per heavy atom. The summed E-state index contributed by atoms with van der Waals surface area (Å²) < 4.78 is 1.48. The third kappa shape index (κ3) is 4.51.